The first-order valence-corrected chi connectivity index (χ1v) is 5.56. The molecule has 1 nitrogen and oxygen atoms in total. The van der Waals surface area contributed by atoms with E-state index in [0.717, 1.165) is 23.4 Å². The Morgan fingerprint density at radius 1 is 1.00 bits per heavy atom. The summed E-state index contributed by atoms with van der Waals surface area (Å²) < 4.78 is 37.3. The van der Waals surface area contributed by atoms with Crippen LogP contribution in [0, 0.1) is 0 Å². The van der Waals surface area contributed by atoms with Gasteiger partial charge in [0, 0.05) is 17.8 Å². The fourth-order valence-electron chi connectivity index (χ4n) is 1.76. The van der Waals surface area contributed by atoms with Crippen molar-refractivity contribution in [1.82, 2.24) is 4.98 Å². The van der Waals surface area contributed by atoms with Gasteiger partial charge in [0.25, 0.3) is 0 Å². The molecule has 0 spiro atoms. The highest BCUT2D eigenvalue weighted by atomic mass is 19.4. The maximum absolute atomic E-state index is 12.4. The van der Waals surface area contributed by atoms with E-state index in [2.05, 4.69) is 4.98 Å². The van der Waals surface area contributed by atoms with Crippen molar-refractivity contribution >= 4 is 0 Å². The standard InChI is InChI=1S/C14H12F3N/c1-10(13-4-2-3-9-18-13)11-5-7-12(8-6-11)14(15,16)17/h2-10H,1H3. The highest BCUT2D eigenvalue weighted by molar-refractivity contribution is 5.31. The third kappa shape index (κ3) is 2.70. The van der Waals surface area contributed by atoms with Gasteiger partial charge in [-0.15, -0.1) is 0 Å². The average molecular weight is 251 g/mol. The van der Waals surface area contributed by atoms with E-state index in [0.29, 0.717) is 0 Å². The minimum Gasteiger partial charge on any atom is -0.261 e. The summed E-state index contributed by atoms with van der Waals surface area (Å²) in [6, 6.07) is 10.8. The van der Waals surface area contributed by atoms with E-state index in [1.165, 1.54) is 12.1 Å². The predicted octanol–water partition coefficient (Wildman–Crippen LogP) is 4.25. The number of alkyl halides is 3. The minimum absolute atomic E-state index is 0.0199. The van der Waals surface area contributed by atoms with Gasteiger partial charge in [-0.1, -0.05) is 25.1 Å². The Bertz CT molecular complexity index is 503. The molecule has 18 heavy (non-hydrogen) atoms. The Labute approximate surface area is 103 Å². The van der Waals surface area contributed by atoms with E-state index in [9.17, 15) is 13.2 Å². The minimum atomic E-state index is -4.28. The lowest BCUT2D eigenvalue weighted by atomic mass is 9.96. The van der Waals surface area contributed by atoms with Crippen LogP contribution >= 0.6 is 0 Å². The molecular formula is C14H12F3N. The van der Waals surface area contributed by atoms with E-state index in [1.807, 2.05) is 25.1 Å². The molecule has 1 atom stereocenters. The first-order valence-electron chi connectivity index (χ1n) is 5.56. The van der Waals surface area contributed by atoms with Crippen LogP contribution in [0.15, 0.2) is 48.7 Å². The largest absolute Gasteiger partial charge is 0.416 e. The average Bonchev–Trinajstić information content (AvgIpc) is 2.38. The second-order valence-corrected chi connectivity index (χ2v) is 4.10. The van der Waals surface area contributed by atoms with Crippen molar-refractivity contribution in [2.75, 3.05) is 0 Å². The maximum atomic E-state index is 12.4. The number of hydrogen-bond acceptors (Lipinski definition) is 1. The normalized spacial score (nSPS) is 13.3. The molecule has 1 aromatic carbocycles. The quantitative estimate of drug-likeness (QED) is 0.777. The molecule has 0 amide bonds. The van der Waals surface area contributed by atoms with Crippen molar-refractivity contribution in [3.63, 3.8) is 0 Å². The lowest BCUT2D eigenvalue weighted by molar-refractivity contribution is -0.137. The van der Waals surface area contributed by atoms with Crippen LogP contribution in [-0.4, -0.2) is 4.98 Å². The zero-order chi connectivity index (χ0) is 13.2. The topological polar surface area (TPSA) is 12.9 Å². The number of aromatic nitrogens is 1. The van der Waals surface area contributed by atoms with E-state index >= 15 is 0 Å². The van der Waals surface area contributed by atoms with Crippen LogP contribution in [0.5, 0.6) is 0 Å². The van der Waals surface area contributed by atoms with Crippen molar-refractivity contribution in [3.05, 3.63) is 65.5 Å². The van der Waals surface area contributed by atoms with Crippen LogP contribution in [0.3, 0.4) is 0 Å². The molecule has 2 rings (SSSR count). The summed E-state index contributed by atoms with van der Waals surface area (Å²) in [4.78, 5) is 4.20. The second-order valence-electron chi connectivity index (χ2n) is 4.10. The summed E-state index contributed by atoms with van der Waals surface area (Å²) in [5, 5.41) is 0. The number of halogens is 3. The lowest BCUT2D eigenvalue weighted by Gasteiger charge is -2.13. The van der Waals surface area contributed by atoms with Crippen LogP contribution < -0.4 is 0 Å². The van der Waals surface area contributed by atoms with Crippen LogP contribution in [0.1, 0.15) is 29.7 Å². The molecule has 0 fully saturated rings. The molecule has 1 aromatic heterocycles. The molecule has 0 bridgehead atoms. The molecule has 0 saturated heterocycles. The fraction of sp³-hybridized carbons (Fsp3) is 0.214. The molecule has 0 aliphatic carbocycles. The monoisotopic (exact) mass is 251 g/mol. The van der Waals surface area contributed by atoms with Gasteiger partial charge in [0.2, 0.25) is 0 Å². The van der Waals surface area contributed by atoms with Gasteiger partial charge in [0.1, 0.15) is 0 Å². The Balaban J connectivity index is 2.25. The molecular weight excluding hydrogens is 239 g/mol. The van der Waals surface area contributed by atoms with Crippen molar-refractivity contribution in [1.29, 1.82) is 0 Å². The molecule has 2 aromatic rings. The van der Waals surface area contributed by atoms with Crippen molar-refractivity contribution in [2.24, 2.45) is 0 Å². The van der Waals surface area contributed by atoms with Crippen LogP contribution in [0.4, 0.5) is 13.2 Å². The van der Waals surface area contributed by atoms with Crippen LogP contribution in [-0.2, 0) is 6.18 Å². The number of nitrogens with zero attached hydrogens (tertiary/aromatic N) is 1. The summed E-state index contributed by atoms with van der Waals surface area (Å²) in [7, 11) is 0. The SMILES string of the molecule is CC(c1ccc(C(F)(F)F)cc1)c1ccccn1. The van der Waals surface area contributed by atoms with Gasteiger partial charge in [-0.2, -0.15) is 13.2 Å². The van der Waals surface area contributed by atoms with Gasteiger partial charge < -0.3 is 0 Å². The molecule has 0 aliphatic heterocycles. The number of benzene rings is 1. The smallest absolute Gasteiger partial charge is 0.261 e. The highest BCUT2D eigenvalue weighted by Gasteiger charge is 2.30. The maximum Gasteiger partial charge on any atom is 0.416 e. The van der Waals surface area contributed by atoms with Gasteiger partial charge >= 0.3 is 6.18 Å². The third-order valence-electron chi connectivity index (χ3n) is 2.87. The Hall–Kier alpha value is -1.84. The number of hydrogen-bond donors (Lipinski definition) is 0. The first kappa shape index (κ1) is 12.6. The third-order valence-corrected chi connectivity index (χ3v) is 2.87. The predicted molar refractivity (Wildman–Crippen MR) is 63.2 cm³/mol. The molecule has 0 radical (unpaired) electrons. The van der Waals surface area contributed by atoms with Crippen LogP contribution in [0.2, 0.25) is 0 Å². The Morgan fingerprint density at radius 2 is 1.67 bits per heavy atom. The summed E-state index contributed by atoms with van der Waals surface area (Å²) >= 11 is 0. The molecule has 94 valence electrons. The molecule has 1 heterocycles. The fourth-order valence-corrected chi connectivity index (χ4v) is 1.76. The summed E-state index contributed by atoms with van der Waals surface area (Å²) in [6.07, 6.45) is -2.61. The summed E-state index contributed by atoms with van der Waals surface area (Å²) in [5.74, 6) is -0.0199. The van der Waals surface area contributed by atoms with Gasteiger partial charge in [0.05, 0.1) is 5.56 Å². The van der Waals surface area contributed by atoms with Crippen LogP contribution in [0.25, 0.3) is 0 Å². The van der Waals surface area contributed by atoms with E-state index in [4.69, 9.17) is 0 Å². The number of pyridine rings is 1. The second kappa shape index (κ2) is 4.80. The van der Waals surface area contributed by atoms with E-state index in [1.54, 1.807) is 6.20 Å². The highest BCUT2D eigenvalue weighted by Crippen LogP contribution is 2.31. The molecule has 4 heteroatoms. The number of rotatable bonds is 2. The summed E-state index contributed by atoms with van der Waals surface area (Å²) in [6.45, 7) is 1.92. The Morgan fingerprint density at radius 3 is 2.17 bits per heavy atom. The zero-order valence-electron chi connectivity index (χ0n) is 9.78. The zero-order valence-corrected chi connectivity index (χ0v) is 9.78. The van der Waals surface area contributed by atoms with E-state index in [-0.39, 0.29) is 5.92 Å². The van der Waals surface area contributed by atoms with Crippen molar-refractivity contribution in [3.8, 4) is 0 Å². The Kier molecular flexibility index (Phi) is 3.36. The molecule has 0 N–H and O–H groups in total. The molecule has 0 aliphatic rings. The van der Waals surface area contributed by atoms with Crippen molar-refractivity contribution in [2.45, 2.75) is 19.0 Å². The lowest BCUT2D eigenvalue weighted by Crippen LogP contribution is -2.05. The van der Waals surface area contributed by atoms with E-state index < -0.39 is 11.7 Å². The first-order chi connectivity index (χ1) is 8.48. The van der Waals surface area contributed by atoms with Gasteiger partial charge in [0.15, 0.2) is 0 Å². The van der Waals surface area contributed by atoms with Crippen molar-refractivity contribution < 1.29 is 13.2 Å². The molecule has 1 unspecified atom stereocenters. The van der Waals surface area contributed by atoms with Gasteiger partial charge in [-0.05, 0) is 29.8 Å². The molecule has 0 saturated carbocycles. The van der Waals surface area contributed by atoms with Gasteiger partial charge in [-0.25, -0.2) is 0 Å². The summed E-state index contributed by atoms with van der Waals surface area (Å²) in [5.41, 5.74) is 1.04. The van der Waals surface area contributed by atoms with Gasteiger partial charge in [-0.3, -0.25) is 4.98 Å².